The fraction of sp³-hybridized carbons (Fsp3) is 0.333. The fourth-order valence-electron chi connectivity index (χ4n) is 4.19. The number of rotatable bonds is 4. The standard InChI is InChI=1S/C24H26N2O2S2/c1-14(2)26-9-5-6-17-13-18(15(3)10-20(17)26)19-11-16(7-8-21(19)28-4)12-22-23(27)25-24(29)30-22/h7-8,10-14H,5-6,9H2,1-4H3,(H,25,27,29). The topological polar surface area (TPSA) is 41.6 Å². The first-order valence-corrected chi connectivity index (χ1v) is 11.4. The summed E-state index contributed by atoms with van der Waals surface area (Å²) in [6, 6.07) is 11.2. The summed E-state index contributed by atoms with van der Waals surface area (Å²) in [6.45, 7) is 7.77. The molecule has 0 radical (unpaired) electrons. The Morgan fingerprint density at radius 2 is 2.03 bits per heavy atom. The number of thiocarbonyl (C=S) groups is 1. The highest BCUT2D eigenvalue weighted by Gasteiger charge is 2.23. The predicted octanol–water partition coefficient (Wildman–Crippen LogP) is 5.32. The maximum atomic E-state index is 12.1. The van der Waals surface area contributed by atoms with Gasteiger partial charge in [-0.2, -0.15) is 0 Å². The maximum Gasteiger partial charge on any atom is 0.263 e. The van der Waals surface area contributed by atoms with E-state index in [1.165, 1.54) is 40.6 Å². The van der Waals surface area contributed by atoms with Crippen molar-refractivity contribution in [1.29, 1.82) is 0 Å². The molecule has 0 spiro atoms. The molecule has 0 aromatic heterocycles. The first-order chi connectivity index (χ1) is 14.4. The molecule has 156 valence electrons. The number of carbonyl (C=O) groups is 1. The summed E-state index contributed by atoms with van der Waals surface area (Å²) in [5, 5.41) is 2.67. The van der Waals surface area contributed by atoms with E-state index >= 15 is 0 Å². The molecular formula is C24H26N2O2S2. The highest BCUT2D eigenvalue weighted by atomic mass is 32.2. The van der Waals surface area contributed by atoms with Gasteiger partial charge in [0.1, 0.15) is 10.1 Å². The van der Waals surface area contributed by atoms with Gasteiger partial charge >= 0.3 is 0 Å². The van der Waals surface area contributed by atoms with Crippen molar-refractivity contribution in [3.63, 3.8) is 0 Å². The molecule has 2 aliphatic heterocycles. The van der Waals surface area contributed by atoms with Crippen molar-refractivity contribution >= 4 is 46.0 Å². The van der Waals surface area contributed by atoms with Crippen LogP contribution in [0.4, 0.5) is 5.69 Å². The van der Waals surface area contributed by atoms with E-state index in [4.69, 9.17) is 17.0 Å². The summed E-state index contributed by atoms with van der Waals surface area (Å²) in [7, 11) is 1.70. The van der Waals surface area contributed by atoms with Gasteiger partial charge in [-0.25, -0.2) is 0 Å². The monoisotopic (exact) mass is 438 g/mol. The second-order valence-electron chi connectivity index (χ2n) is 8.00. The lowest BCUT2D eigenvalue weighted by Gasteiger charge is -2.35. The summed E-state index contributed by atoms with van der Waals surface area (Å²) < 4.78 is 6.19. The molecule has 0 atom stereocenters. The van der Waals surface area contributed by atoms with Gasteiger partial charge in [0, 0.05) is 23.8 Å². The van der Waals surface area contributed by atoms with E-state index in [0.29, 0.717) is 15.3 Å². The molecule has 2 aromatic rings. The summed E-state index contributed by atoms with van der Waals surface area (Å²) >= 11 is 6.40. The molecule has 2 aromatic carbocycles. The van der Waals surface area contributed by atoms with Crippen LogP contribution in [0.25, 0.3) is 17.2 Å². The maximum absolute atomic E-state index is 12.1. The Balaban J connectivity index is 1.79. The number of ether oxygens (including phenoxy) is 1. The molecular weight excluding hydrogens is 412 g/mol. The molecule has 2 heterocycles. The lowest BCUT2D eigenvalue weighted by Crippen LogP contribution is -2.35. The number of aryl methyl sites for hydroxylation is 2. The van der Waals surface area contributed by atoms with Crippen LogP contribution in [0.3, 0.4) is 0 Å². The van der Waals surface area contributed by atoms with Gasteiger partial charge in [-0.1, -0.05) is 30.0 Å². The minimum absolute atomic E-state index is 0.138. The number of carbonyl (C=O) groups excluding carboxylic acids is 1. The predicted molar refractivity (Wildman–Crippen MR) is 130 cm³/mol. The number of nitrogens with zero attached hydrogens (tertiary/aromatic N) is 1. The molecule has 4 rings (SSSR count). The molecule has 1 saturated heterocycles. The fourth-order valence-corrected chi connectivity index (χ4v) is 5.23. The number of hydrogen-bond donors (Lipinski definition) is 1. The second kappa shape index (κ2) is 8.44. The van der Waals surface area contributed by atoms with Crippen molar-refractivity contribution in [3.05, 3.63) is 51.9 Å². The largest absolute Gasteiger partial charge is 0.496 e. The van der Waals surface area contributed by atoms with Gasteiger partial charge < -0.3 is 15.0 Å². The number of methoxy groups -OCH3 is 1. The van der Waals surface area contributed by atoms with Crippen molar-refractivity contribution in [1.82, 2.24) is 5.32 Å². The molecule has 0 bridgehead atoms. The number of nitrogens with one attached hydrogen (secondary N) is 1. The summed E-state index contributed by atoms with van der Waals surface area (Å²) in [6.07, 6.45) is 4.14. The molecule has 0 aliphatic carbocycles. The first-order valence-electron chi connectivity index (χ1n) is 10.2. The average molecular weight is 439 g/mol. The van der Waals surface area contributed by atoms with E-state index in [0.717, 1.165) is 29.8 Å². The zero-order chi connectivity index (χ0) is 21.4. The van der Waals surface area contributed by atoms with E-state index in [9.17, 15) is 4.79 Å². The van der Waals surface area contributed by atoms with Crippen LogP contribution in [0, 0.1) is 6.92 Å². The van der Waals surface area contributed by atoms with Crippen LogP contribution >= 0.6 is 24.0 Å². The second-order valence-corrected chi connectivity index (χ2v) is 9.72. The highest BCUT2D eigenvalue weighted by Crippen LogP contribution is 2.39. The number of thioether (sulfide) groups is 1. The Labute approximate surface area is 187 Å². The molecule has 6 heteroatoms. The minimum atomic E-state index is -0.138. The van der Waals surface area contributed by atoms with Crippen LogP contribution in [-0.2, 0) is 11.2 Å². The van der Waals surface area contributed by atoms with Crippen molar-refractivity contribution in [2.45, 2.75) is 39.7 Å². The summed E-state index contributed by atoms with van der Waals surface area (Å²) in [5.41, 5.74) is 7.13. The average Bonchev–Trinajstić information content (AvgIpc) is 3.03. The number of amides is 1. The van der Waals surface area contributed by atoms with E-state index < -0.39 is 0 Å². The number of anilines is 1. The van der Waals surface area contributed by atoms with E-state index in [2.05, 4.69) is 49.2 Å². The van der Waals surface area contributed by atoms with E-state index in [-0.39, 0.29) is 5.91 Å². The molecule has 1 N–H and O–H groups in total. The van der Waals surface area contributed by atoms with Crippen LogP contribution < -0.4 is 15.0 Å². The van der Waals surface area contributed by atoms with Crippen molar-refractivity contribution in [2.24, 2.45) is 0 Å². The third-order valence-electron chi connectivity index (χ3n) is 5.66. The molecule has 1 fully saturated rings. The van der Waals surface area contributed by atoms with Crippen molar-refractivity contribution in [3.8, 4) is 16.9 Å². The van der Waals surface area contributed by atoms with Crippen LogP contribution in [0.2, 0.25) is 0 Å². The third-order valence-corrected chi connectivity index (χ3v) is 6.82. The van der Waals surface area contributed by atoms with Gasteiger partial charge in [0.2, 0.25) is 0 Å². The smallest absolute Gasteiger partial charge is 0.263 e. The lowest BCUT2D eigenvalue weighted by molar-refractivity contribution is -0.115. The first kappa shape index (κ1) is 20.9. The summed E-state index contributed by atoms with van der Waals surface area (Å²) in [5.74, 6) is 0.692. The SMILES string of the molecule is COc1ccc(C=C2SC(=S)NC2=O)cc1-c1cc2c(cc1C)N(C(C)C)CCC2. The van der Waals surface area contributed by atoms with E-state index in [1.54, 1.807) is 7.11 Å². The Hall–Kier alpha value is -2.31. The van der Waals surface area contributed by atoms with Gasteiger partial charge in [0.05, 0.1) is 12.0 Å². The van der Waals surface area contributed by atoms with Gasteiger partial charge in [-0.05, 0) is 86.2 Å². The van der Waals surface area contributed by atoms with Crippen molar-refractivity contribution in [2.75, 3.05) is 18.6 Å². The Morgan fingerprint density at radius 1 is 1.23 bits per heavy atom. The van der Waals surface area contributed by atoms with Crippen LogP contribution in [-0.4, -0.2) is 29.9 Å². The number of fused-ring (bicyclic) bond motifs is 1. The molecule has 30 heavy (non-hydrogen) atoms. The minimum Gasteiger partial charge on any atom is -0.496 e. The molecule has 0 saturated carbocycles. The molecule has 4 nitrogen and oxygen atoms in total. The van der Waals surface area contributed by atoms with Crippen LogP contribution in [0.1, 0.15) is 37.0 Å². The zero-order valence-electron chi connectivity index (χ0n) is 17.7. The Bertz CT molecular complexity index is 1060. The quantitative estimate of drug-likeness (QED) is 0.517. The van der Waals surface area contributed by atoms with Gasteiger partial charge in [0.15, 0.2) is 0 Å². The van der Waals surface area contributed by atoms with Crippen LogP contribution in [0.15, 0.2) is 35.2 Å². The normalized spacial score (nSPS) is 17.5. The highest BCUT2D eigenvalue weighted by molar-refractivity contribution is 8.26. The van der Waals surface area contributed by atoms with E-state index in [1.807, 2.05) is 18.2 Å². The van der Waals surface area contributed by atoms with Crippen LogP contribution in [0.5, 0.6) is 5.75 Å². The number of benzene rings is 2. The molecule has 2 aliphatic rings. The van der Waals surface area contributed by atoms with Gasteiger partial charge in [-0.15, -0.1) is 0 Å². The van der Waals surface area contributed by atoms with Gasteiger partial charge in [-0.3, -0.25) is 4.79 Å². The number of hydrogen-bond acceptors (Lipinski definition) is 5. The zero-order valence-corrected chi connectivity index (χ0v) is 19.4. The third kappa shape index (κ3) is 3.98. The van der Waals surface area contributed by atoms with Crippen molar-refractivity contribution < 1.29 is 9.53 Å². The lowest BCUT2D eigenvalue weighted by atomic mass is 9.91. The van der Waals surface area contributed by atoms with Gasteiger partial charge in [0.25, 0.3) is 5.91 Å². The summed E-state index contributed by atoms with van der Waals surface area (Å²) in [4.78, 5) is 15.2. The Kier molecular flexibility index (Phi) is 5.89. The molecule has 0 unspecified atom stereocenters. The Morgan fingerprint density at radius 3 is 2.70 bits per heavy atom. The molecule has 1 amide bonds.